The number of amides is 1. The van der Waals surface area contributed by atoms with Crippen LogP contribution in [-0.4, -0.2) is 47.4 Å². The highest BCUT2D eigenvalue weighted by atomic mass is 16.5. The molecule has 99 heavy (non-hydrogen) atoms. The molecule has 0 aromatic carbocycles. The lowest BCUT2D eigenvalue weighted by molar-refractivity contribution is -0.143. The Balaban J connectivity index is 3.30. The Kier molecular flexibility index (Phi) is 87.7. The topological polar surface area (TPSA) is 95.9 Å². The van der Waals surface area contributed by atoms with Gasteiger partial charge in [-0.15, -0.1) is 0 Å². The highest BCUT2D eigenvalue weighted by Gasteiger charge is 2.18. The average molecular weight is 1400 g/mol. The second-order valence-electron chi connectivity index (χ2n) is 32.4. The van der Waals surface area contributed by atoms with E-state index in [1.807, 2.05) is 6.08 Å². The number of aliphatic hydroxyl groups is 2. The SMILES string of the molecule is CCCCCCCCCCCCCCCCCCCCCCCC/C=C/C(O)C(CO)NC(=O)CCCCCCCCCCCCCCCCCCCCCCCCCCCCCCCCCCCCCCCCCOC(=O)CCCCCCCCCCCCCCCCCCCCC. The van der Waals surface area contributed by atoms with Crippen molar-refractivity contribution in [3.63, 3.8) is 0 Å². The first kappa shape index (κ1) is 97.6. The van der Waals surface area contributed by atoms with Crippen LogP contribution in [0, 0.1) is 0 Å². The number of rotatable bonds is 89. The molecule has 0 radical (unpaired) electrons. The van der Waals surface area contributed by atoms with Gasteiger partial charge >= 0.3 is 5.97 Å². The van der Waals surface area contributed by atoms with E-state index in [4.69, 9.17) is 4.74 Å². The number of hydrogen-bond donors (Lipinski definition) is 3. The molecule has 0 aliphatic rings. The quantitative estimate of drug-likeness (QED) is 0.0320. The molecule has 0 spiro atoms. The molecule has 0 heterocycles. The molecule has 6 heteroatoms. The number of aliphatic hydroxyl groups excluding tert-OH is 2. The van der Waals surface area contributed by atoms with Crippen LogP contribution in [0.15, 0.2) is 12.2 Å². The summed E-state index contributed by atoms with van der Waals surface area (Å²) in [5.41, 5.74) is 0. The van der Waals surface area contributed by atoms with Gasteiger partial charge in [0.25, 0.3) is 0 Å². The zero-order valence-electron chi connectivity index (χ0n) is 68.0. The summed E-state index contributed by atoms with van der Waals surface area (Å²) >= 11 is 0. The third kappa shape index (κ3) is 85.4. The van der Waals surface area contributed by atoms with Gasteiger partial charge < -0.3 is 20.3 Å². The van der Waals surface area contributed by atoms with Gasteiger partial charge in [0.15, 0.2) is 0 Å². The standard InChI is InChI=1S/C93H183NO5/c1-3-5-7-9-11-13-15-17-19-21-23-24-25-43-46-50-53-57-61-65-69-73-77-81-85-91(96)90(89-95)94-92(97)86-82-78-74-70-66-62-58-54-51-47-44-41-39-37-35-33-31-29-27-26-28-30-32-34-36-38-40-42-45-48-52-56-60-64-68-72-76-80-84-88-99-93(98)87-83-79-75-71-67-63-59-55-49-22-20-18-16-14-12-10-8-6-4-2/h81,85,90-91,95-96H,3-80,82-84,86-89H2,1-2H3,(H,94,97)/b85-81+. The van der Waals surface area contributed by atoms with E-state index in [2.05, 4.69) is 19.2 Å². The highest BCUT2D eigenvalue weighted by molar-refractivity contribution is 5.76. The first-order valence-electron chi connectivity index (χ1n) is 46.5. The lowest BCUT2D eigenvalue weighted by Gasteiger charge is -2.20. The molecule has 1 amide bonds. The number of allylic oxidation sites excluding steroid dienone is 1. The summed E-state index contributed by atoms with van der Waals surface area (Å²) in [5, 5.41) is 23.4. The van der Waals surface area contributed by atoms with Crippen molar-refractivity contribution in [3.8, 4) is 0 Å². The predicted molar refractivity (Wildman–Crippen MR) is 440 cm³/mol. The number of ether oxygens (including phenoxy) is 1. The first-order valence-corrected chi connectivity index (χ1v) is 46.5. The molecular weight excluding hydrogens is 1210 g/mol. The summed E-state index contributed by atoms with van der Waals surface area (Å²) < 4.78 is 5.53. The van der Waals surface area contributed by atoms with Crippen LogP contribution in [0.25, 0.3) is 0 Å². The Morgan fingerprint density at radius 2 is 0.465 bits per heavy atom. The Hall–Kier alpha value is -1.40. The number of carbonyl (C=O) groups is 2. The summed E-state index contributed by atoms with van der Waals surface area (Å²) in [6, 6.07) is -0.624. The number of nitrogens with one attached hydrogen (secondary N) is 1. The van der Waals surface area contributed by atoms with E-state index in [1.165, 1.54) is 482 Å². The third-order valence-corrected chi connectivity index (χ3v) is 22.3. The van der Waals surface area contributed by atoms with Gasteiger partial charge in [0.2, 0.25) is 5.91 Å². The monoisotopic (exact) mass is 1390 g/mol. The average Bonchev–Trinajstić information content (AvgIpc) is 2.39. The summed E-state index contributed by atoms with van der Waals surface area (Å²) in [7, 11) is 0. The van der Waals surface area contributed by atoms with Crippen molar-refractivity contribution in [2.24, 2.45) is 0 Å². The van der Waals surface area contributed by atoms with Gasteiger partial charge in [-0.3, -0.25) is 9.59 Å². The lowest BCUT2D eigenvalue weighted by atomic mass is 10.0. The molecule has 0 fully saturated rings. The Morgan fingerprint density at radius 3 is 0.687 bits per heavy atom. The molecule has 0 saturated heterocycles. The number of carbonyl (C=O) groups excluding carboxylic acids is 2. The van der Waals surface area contributed by atoms with Crippen LogP contribution >= 0.6 is 0 Å². The maximum Gasteiger partial charge on any atom is 0.305 e. The summed E-state index contributed by atoms with van der Waals surface area (Å²) in [6.45, 7) is 4.99. The molecule has 6 nitrogen and oxygen atoms in total. The van der Waals surface area contributed by atoms with E-state index in [-0.39, 0.29) is 18.5 Å². The zero-order valence-corrected chi connectivity index (χ0v) is 68.0. The predicted octanol–water partition coefficient (Wildman–Crippen LogP) is 31.3. The normalized spacial score (nSPS) is 12.4. The maximum absolute atomic E-state index is 12.6. The fourth-order valence-corrected chi connectivity index (χ4v) is 15.3. The molecule has 0 aliphatic carbocycles. The van der Waals surface area contributed by atoms with Gasteiger partial charge in [-0.25, -0.2) is 0 Å². The maximum atomic E-state index is 12.6. The van der Waals surface area contributed by atoms with Crippen LogP contribution in [0.5, 0.6) is 0 Å². The van der Waals surface area contributed by atoms with Gasteiger partial charge in [-0.05, 0) is 32.1 Å². The van der Waals surface area contributed by atoms with Crippen molar-refractivity contribution in [1.29, 1.82) is 0 Å². The molecule has 0 rings (SSSR count). The van der Waals surface area contributed by atoms with Gasteiger partial charge in [0, 0.05) is 12.8 Å². The van der Waals surface area contributed by atoms with Crippen LogP contribution in [0.3, 0.4) is 0 Å². The summed E-state index contributed by atoms with van der Waals surface area (Å²) in [4.78, 5) is 24.7. The van der Waals surface area contributed by atoms with E-state index >= 15 is 0 Å². The molecule has 0 bridgehead atoms. The van der Waals surface area contributed by atoms with E-state index in [0.717, 1.165) is 38.5 Å². The van der Waals surface area contributed by atoms with Crippen molar-refractivity contribution < 1.29 is 24.5 Å². The smallest absolute Gasteiger partial charge is 0.305 e. The van der Waals surface area contributed by atoms with Gasteiger partial charge in [0.05, 0.1) is 25.4 Å². The second kappa shape index (κ2) is 89.0. The van der Waals surface area contributed by atoms with Gasteiger partial charge in [-0.1, -0.05) is 514 Å². The molecule has 0 aliphatic heterocycles. The van der Waals surface area contributed by atoms with E-state index in [9.17, 15) is 19.8 Å². The minimum atomic E-state index is -0.841. The van der Waals surface area contributed by atoms with E-state index in [0.29, 0.717) is 19.4 Å². The third-order valence-electron chi connectivity index (χ3n) is 22.3. The van der Waals surface area contributed by atoms with Crippen LogP contribution in [0.2, 0.25) is 0 Å². The van der Waals surface area contributed by atoms with Crippen molar-refractivity contribution >= 4 is 11.9 Å². The van der Waals surface area contributed by atoms with Crippen molar-refractivity contribution in [1.82, 2.24) is 5.32 Å². The van der Waals surface area contributed by atoms with Crippen molar-refractivity contribution in [2.75, 3.05) is 13.2 Å². The minimum absolute atomic E-state index is 0.0303. The van der Waals surface area contributed by atoms with Crippen LogP contribution < -0.4 is 5.32 Å². The fraction of sp³-hybridized carbons (Fsp3) is 0.957. The molecule has 590 valence electrons. The molecule has 0 aromatic rings. The van der Waals surface area contributed by atoms with Crippen LogP contribution in [0.4, 0.5) is 0 Å². The molecule has 0 saturated carbocycles. The Labute approximate surface area is 622 Å². The van der Waals surface area contributed by atoms with E-state index < -0.39 is 12.1 Å². The molecule has 0 aromatic heterocycles. The Morgan fingerprint density at radius 1 is 0.273 bits per heavy atom. The number of unbranched alkanes of at least 4 members (excludes halogenated alkanes) is 78. The highest BCUT2D eigenvalue weighted by Crippen LogP contribution is 2.22. The molecule has 2 unspecified atom stereocenters. The van der Waals surface area contributed by atoms with Crippen LogP contribution in [0.1, 0.15) is 547 Å². The zero-order chi connectivity index (χ0) is 71.2. The largest absolute Gasteiger partial charge is 0.466 e. The summed E-state index contributed by atoms with van der Waals surface area (Å²) in [6.07, 6.45) is 116. The molecular formula is C93H183NO5. The van der Waals surface area contributed by atoms with Gasteiger partial charge in [0.1, 0.15) is 0 Å². The van der Waals surface area contributed by atoms with Crippen LogP contribution in [-0.2, 0) is 14.3 Å². The fourth-order valence-electron chi connectivity index (χ4n) is 15.3. The number of hydrogen-bond acceptors (Lipinski definition) is 5. The first-order chi connectivity index (χ1) is 49.0. The van der Waals surface area contributed by atoms with Gasteiger partial charge in [-0.2, -0.15) is 0 Å². The second-order valence-corrected chi connectivity index (χ2v) is 32.4. The number of esters is 1. The molecule has 2 atom stereocenters. The van der Waals surface area contributed by atoms with Crippen molar-refractivity contribution in [2.45, 2.75) is 559 Å². The minimum Gasteiger partial charge on any atom is -0.466 e. The molecule has 3 N–H and O–H groups in total. The summed E-state index contributed by atoms with van der Waals surface area (Å²) in [5.74, 6) is -0.0250. The van der Waals surface area contributed by atoms with E-state index in [1.54, 1.807) is 6.08 Å². The lowest BCUT2D eigenvalue weighted by Crippen LogP contribution is -2.45. The van der Waals surface area contributed by atoms with Crippen molar-refractivity contribution in [3.05, 3.63) is 12.2 Å². The Bertz CT molecular complexity index is 1520.